The van der Waals surface area contributed by atoms with E-state index in [1.165, 1.54) is 16.8 Å². The van der Waals surface area contributed by atoms with Crippen LogP contribution in [0.2, 0.25) is 0 Å². The zero-order chi connectivity index (χ0) is 17.2. The first-order valence-electron chi connectivity index (χ1n) is 7.30. The number of amides is 1. The Morgan fingerprint density at radius 3 is 2.50 bits per heavy atom. The fourth-order valence-electron chi connectivity index (χ4n) is 1.98. The van der Waals surface area contributed by atoms with E-state index >= 15 is 0 Å². The van der Waals surface area contributed by atoms with Crippen LogP contribution in [0, 0.1) is 11.7 Å². The Labute approximate surface area is 155 Å². The lowest BCUT2D eigenvalue weighted by Crippen LogP contribution is -2.55. The number of hydrogen-bond donors (Lipinski definition) is 2. The minimum absolute atomic E-state index is 0. The van der Waals surface area contributed by atoms with Crippen LogP contribution in [-0.2, 0) is 0 Å². The monoisotopic (exact) mass is 418 g/mol. The van der Waals surface area contributed by atoms with Crippen LogP contribution in [0.5, 0.6) is 0 Å². The molecule has 0 aliphatic rings. The molecule has 1 heterocycles. The number of carbonyl (C=O) groups is 1. The lowest BCUT2D eigenvalue weighted by molar-refractivity contribution is 0.0877. The molecular weight excluding hydrogens is 399 g/mol. The summed E-state index contributed by atoms with van der Waals surface area (Å²) < 4.78 is 15.1. The van der Waals surface area contributed by atoms with E-state index in [9.17, 15) is 9.18 Å². The number of nitrogens with two attached hydrogens (primary N) is 1. The summed E-state index contributed by atoms with van der Waals surface area (Å²) in [5, 5.41) is 7.23. The number of hydrogen-bond acceptors (Lipinski definition) is 3. The maximum absolute atomic E-state index is 13.0. The summed E-state index contributed by atoms with van der Waals surface area (Å²) in [6.07, 6.45) is 1.66. The molecule has 1 amide bonds. The molecule has 1 aromatic heterocycles. The number of aromatic nitrogens is 2. The van der Waals surface area contributed by atoms with E-state index in [0.717, 1.165) is 0 Å². The van der Waals surface area contributed by atoms with Crippen LogP contribution in [0.4, 0.5) is 4.39 Å². The fourth-order valence-corrected chi connectivity index (χ4v) is 2.44. The number of rotatable bonds is 5. The van der Waals surface area contributed by atoms with Gasteiger partial charge in [-0.05, 0) is 53.0 Å². The SMILES string of the molecule is CC(C)C(C)(CN)NC(=O)c1nn(-c2ccc(F)cc2)cc1Br.Cl. The zero-order valence-electron chi connectivity index (χ0n) is 13.7. The smallest absolute Gasteiger partial charge is 0.273 e. The van der Waals surface area contributed by atoms with E-state index in [0.29, 0.717) is 16.7 Å². The van der Waals surface area contributed by atoms with Crippen LogP contribution in [0.3, 0.4) is 0 Å². The molecule has 5 nitrogen and oxygen atoms in total. The van der Waals surface area contributed by atoms with Gasteiger partial charge in [-0.25, -0.2) is 9.07 Å². The predicted molar refractivity (Wildman–Crippen MR) is 98.2 cm³/mol. The van der Waals surface area contributed by atoms with E-state index < -0.39 is 5.54 Å². The van der Waals surface area contributed by atoms with Gasteiger partial charge in [0.2, 0.25) is 0 Å². The van der Waals surface area contributed by atoms with Crippen molar-refractivity contribution in [1.29, 1.82) is 0 Å². The lowest BCUT2D eigenvalue weighted by Gasteiger charge is -2.33. The molecule has 132 valence electrons. The van der Waals surface area contributed by atoms with Crippen LogP contribution in [-0.4, -0.2) is 27.8 Å². The molecule has 8 heteroatoms. The first-order chi connectivity index (χ1) is 10.8. The lowest BCUT2D eigenvalue weighted by atomic mass is 9.88. The predicted octanol–water partition coefficient (Wildman–Crippen LogP) is 3.30. The molecule has 2 rings (SSSR count). The summed E-state index contributed by atoms with van der Waals surface area (Å²) in [5.41, 5.74) is 6.20. The van der Waals surface area contributed by atoms with Gasteiger partial charge in [0.25, 0.3) is 5.91 Å². The van der Waals surface area contributed by atoms with Gasteiger partial charge in [0.05, 0.1) is 15.7 Å². The van der Waals surface area contributed by atoms with Crippen LogP contribution in [0.25, 0.3) is 5.69 Å². The van der Waals surface area contributed by atoms with Gasteiger partial charge in [0.1, 0.15) is 5.82 Å². The maximum Gasteiger partial charge on any atom is 0.273 e. The van der Waals surface area contributed by atoms with Crippen LogP contribution in [0.15, 0.2) is 34.9 Å². The van der Waals surface area contributed by atoms with Gasteiger partial charge in [0.15, 0.2) is 5.69 Å². The normalized spacial score (nSPS) is 13.3. The highest BCUT2D eigenvalue weighted by Crippen LogP contribution is 2.21. The molecule has 1 aromatic carbocycles. The van der Waals surface area contributed by atoms with Gasteiger partial charge in [0, 0.05) is 12.7 Å². The molecule has 1 atom stereocenters. The molecule has 1 unspecified atom stereocenters. The van der Waals surface area contributed by atoms with Crippen molar-refractivity contribution in [3.63, 3.8) is 0 Å². The Morgan fingerprint density at radius 2 is 2.00 bits per heavy atom. The third-order valence-electron chi connectivity index (χ3n) is 4.07. The Kier molecular flexibility index (Phi) is 6.95. The van der Waals surface area contributed by atoms with Crippen molar-refractivity contribution in [3.8, 4) is 5.69 Å². The van der Waals surface area contributed by atoms with Gasteiger partial charge < -0.3 is 11.1 Å². The first kappa shape index (κ1) is 20.6. The molecule has 2 aromatic rings. The Balaban J connectivity index is 0.00000288. The van der Waals surface area contributed by atoms with E-state index in [1.54, 1.807) is 18.3 Å². The average Bonchev–Trinajstić information content (AvgIpc) is 2.89. The fraction of sp³-hybridized carbons (Fsp3) is 0.375. The number of benzene rings is 1. The van der Waals surface area contributed by atoms with Crippen molar-refractivity contribution in [2.75, 3.05) is 6.54 Å². The highest BCUT2D eigenvalue weighted by Gasteiger charge is 2.30. The van der Waals surface area contributed by atoms with E-state index in [4.69, 9.17) is 5.73 Å². The van der Waals surface area contributed by atoms with E-state index in [-0.39, 0.29) is 35.7 Å². The summed E-state index contributed by atoms with van der Waals surface area (Å²) in [4.78, 5) is 12.5. The molecule has 0 saturated carbocycles. The van der Waals surface area contributed by atoms with Gasteiger partial charge >= 0.3 is 0 Å². The van der Waals surface area contributed by atoms with Crippen molar-refractivity contribution in [2.45, 2.75) is 26.3 Å². The van der Waals surface area contributed by atoms with Gasteiger partial charge in [-0.2, -0.15) is 5.10 Å². The molecule has 3 N–H and O–H groups in total. The van der Waals surface area contributed by atoms with Crippen molar-refractivity contribution >= 4 is 34.2 Å². The summed E-state index contributed by atoms with van der Waals surface area (Å²) in [6, 6.07) is 5.87. The Hall–Kier alpha value is -1.44. The summed E-state index contributed by atoms with van der Waals surface area (Å²) in [7, 11) is 0. The first-order valence-corrected chi connectivity index (χ1v) is 8.10. The molecule has 0 saturated heterocycles. The number of nitrogens with zero attached hydrogens (tertiary/aromatic N) is 2. The minimum atomic E-state index is -0.518. The maximum atomic E-state index is 13.0. The molecule has 24 heavy (non-hydrogen) atoms. The molecule has 0 fully saturated rings. The van der Waals surface area contributed by atoms with E-state index in [2.05, 4.69) is 26.3 Å². The molecule has 0 aliphatic carbocycles. The third-order valence-corrected chi connectivity index (χ3v) is 4.65. The number of halogens is 3. The van der Waals surface area contributed by atoms with Crippen LogP contribution < -0.4 is 11.1 Å². The standard InChI is InChI=1S/C16H20BrFN4O.ClH/c1-10(2)16(3,9-19)20-15(23)14-13(17)8-22(21-14)12-6-4-11(18)5-7-12;/h4-8,10H,9,19H2,1-3H3,(H,20,23);1H. The second kappa shape index (κ2) is 8.09. The summed E-state index contributed by atoms with van der Waals surface area (Å²) >= 11 is 3.35. The van der Waals surface area contributed by atoms with E-state index in [1.807, 2.05) is 20.8 Å². The van der Waals surface area contributed by atoms with Gasteiger partial charge in [-0.3, -0.25) is 4.79 Å². The second-order valence-electron chi connectivity index (χ2n) is 5.98. The van der Waals surface area contributed by atoms with Crippen LogP contribution in [0.1, 0.15) is 31.3 Å². The van der Waals surface area contributed by atoms with Gasteiger partial charge in [-0.15, -0.1) is 12.4 Å². The van der Waals surface area contributed by atoms with Crippen molar-refractivity contribution < 1.29 is 9.18 Å². The molecular formula is C16H21BrClFN4O. The molecule has 0 bridgehead atoms. The minimum Gasteiger partial charge on any atom is -0.344 e. The largest absolute Gasteiger partial charge is 0.344 e. The summed E-state index contributed by atoms with van der Waals surface area (Å²) in [6.45, 7) is 6.23. The zero-order valence-corrected chi connectivity index (χ0v) is 16.1. The topological polar surface area (TPSA) is 72.9 Å². The van der Waals surface area contributed by atoms with Crippen LogP contribution >= 0.6 is 28.3 Å². The third kappa shape index (κ3) is 4.34. The second-order valence-corrected chi connectivity index (χ2v) is 6.83. The molecule has 0 radical (unpaired) electrons. The highest BCUT2D eigenvalue weighted by atomic mass is 79.9. The quantitative estimate of drug-likeness (QED) is 0.781. The molecule has 0 aliphatic heterocycles. The number of carbonyl (C=O) groups excluding carboxylic acids is 1. The Morgan fingerprint density at radius 1 is 1.42 bits per heavy atom. The van der Waals surface area contributed by atoms with Gasteiger partial charge in [-0.1, -0.05) is 13.8 Å². The van der Waals surface area contributed by atoms with Crippen molar-refractivity contribution in [1.82, 2.24) is 15.1 Å². The Bertz CT molecular complexity index is 705. The molecule has 0 spiro atoms. The highest BCUT2D eigenvalue weighted by molar-refractivity contribution is 9.10. The van der Waals surface area contributed by atoms with Crippen molar-refractivity contribution in [2.24, 2.45) is 11.7 Å². The van der Waals surface area contributed by atoms with Crippen molar-refractivity contribution in [3.05, 3.63) is 46.4 Å². The number of nitrogens with one attached hydrogen (secondary N) is 1. The average molecular weight is 420 g/mol. The summed E-state index contributed by atoms with van der Waals surface area (Å²) in [5.74, 6) is -0.456.